The van der Waals surface area contributed by atoms with Crippen LogP contribution in [0.15, 0.2) is 5.16 Å². The Hall–Kier alpha value is -2.85. The highest BCUT2D eigenvalue weighted by Crippen LogP contribution is 2.42. The first kappa shape index (κ1) is 41.6. The second-order valence-corrected chi connectivity index (χ2v) is 14.8. The lowest BCUT2D eigenvalue weighted by molar-refractivity contribution is -0.303. The fourth-order valence-corrected chi connectivity index (χ4v) is 7.80. The molecule has 50 heavy (non-hydrogen) atoms. The summed E-state index contributed by atoms with van der Waals surface area (Å²) in [5.41, 5.74) is -2.33. The van der Waals surface area contributed by atoms with Gasteiger partial charge >= 0.3 is 24.1 Å². The zero-order chi connectivity index (χ0) is 37.9. The van der Waals surface area contributed by atoms with Gasteiger partial charge in [0.25, 0.3) is 0 Å². The van der Waals surface area contributed by atoms with Gasteiger partial charge in [-0.1, -0.05) is 32.9 Å². The van der Waals surface area contributed by atoms with Gasteiger partial charge in [-0.25, -0.2) is 9.59 Å². The Kier molecular flexibility index (Phi) is 13.8. The van der Waals surface area contributed by atoms with Crippen molar-refractivity contribution in [3.05, 3.63) is 0 Å². The Morgan fingerprint density at radius 1 is 1.02 bits per heavy atom. The molecule has 0 bridgehead atoms. The van der Waals surface area contributed by atoms with Gasteiger partial charge in [0.1, 0.15) is 6.10 Å². The van der Waals surface area contributed by atoms with Crippen LogP contribution in [0.4, 0.5) is 4.79 Å². The van der Waals surface area contributed by atoms with Crippen molar-refractivity contribution >= 4 is 29.8 Å². The maximum atomic E-state index is 13.8. The summed E-state index contributed by atoms with van der Waals surface area (Å²) in [5.74, 6) is -4.96. The number of ether oxygens (including phenoxy) is 7. The molecular formula is C35H58N2O13. The lowest BCUT2D eigenvalue weighted by Crippen LogP contribution is -2.61. The van der Waals surface area contributed by atoms with Gasteiger partial charge in [-0.05, 0) is 61.1 Å². The molecule has 0 saturated carbocycles. The van der Waals surface area contributed by atoms with Crippen LogP contribution in [0.5, 0.6) is 0 Å². The third-order valence-electron chi connectivity index (χ3n) is 10.6. The van der Waals surface area contributed by atoms with Crippen molar-refractivity contribution in [1.29, 1.82) is 0 Å². The number of carbonyl (C=O) groups is 4. The first-order chi connectivity index (χ1) is 23.2. The number of aliphatic hydroxyl groups excluding tert-OH is 1. The van der Waals surface area contributed by atoms with E-state index in [0.717, 1.165) is 0 Å². The average molecular weight is 715 g/mol. The molecule has 0 spiro atoms. The van der Waals surface area contributed by atoms with Crippen molar-refractivity contribution in [2.75, 3.05) is 21.2 Å². The summed E-state index contributed by atoms with van der Waals surface area (Å²) < 4.78 is 42.5. The van der Waals surface area contributed by atoms with E-state index in [9.17, 15) is 24.3 Å². The van der Waals surface area contributed by atoms with Gasteiger partial charge in [-0.2, -0.15) is 0 Å². The first-order valence-electron chi connectivity index (χ1n) is 17.4. The standard InChI is InChI=1S/C35H58N2O13/c1-14-25-35(10)30(48-33(42)49-35)19(4)26(36-50-23(8)39)17(2)16-34(9,43-13)29(20(5)27(40)21(6)31(41)46-25)47-32-28(45-22(7)38)24(37(11)12)15-18(3)44-32/h17-21,24-25,27-30,32,40H,14-16H2,1-13H3/b36-26+/t17-,18-,19+,20+,21-,24+,25-,27+,28-,29-,30-,32+,34+,35-/m1/s1. The summed E-state index contributed by atoms with van der Waals surface area (Å²) >= 11 is 0. The molecule has 0 radical (unpaired) electrons. The molecule has 14 atom stereocenters. The number of aliphatic hydroxyl groups is 1. The van der Waals surface area contributed by atoms with E-state index in [1.165, 1.54) is 21.0 Å². The first-order valence-corrected chi connectivity index (χ1v) is 17.4. The Balaban J connectivity index is 2.22. The molecule has 0 aromatic rings. The van der Waals surface area contributed by atoms with E-state index in [4.69, 9.17) is 38.0 Å². The second kappa shape index (κ2) is 16.7. The van der Waals surface area contributed by atoms with Crippen molar-refractivity contribution in [2.24, 2.45) is 28.8 Å². The molecule has 3 saturated heterocycles. The summed E-state index contributed by atoms with van der Waals surface area (Å²) in [6, 6.07) is -0.257. The zero-order valence-corrected chi connectivity index (χ0v) is 31.8. The average Bonchev–Trinajstić information content (AvgIpc) is 3.35. The molecule has 1 N–H and O–H groups in total. The summed E-state index contributed by atoms with van der Waals surface area (Å²) in [7, 11) is 5.26. The SMILES string of the molecule is CC[C@H]1OC(=O)[C@H](C)[C@@H](O)[C@H](C)[C@@H](O[C@@H]2O[C@H](C)C[C@H](N(C)C)[C@H]2OC(C)=O)[C@@](C)(OC)C[C@@H](C)/C(=N\OC(C)=O)[C@H](C)[C@H]2OC(=O)O[C@@]21C. The second-order valence-electron chi connectivity index (χ2n) is 14.8. The molecule has 0 aliphatic carbocycles. The highest BCUT2D eigenvalue weighted by atomic mass is 16.8. The topological polar surface area (TPSA) is 178 Å². The number of rotatable bonds is 7. The minimum Gasteiger partial charge on any atom is -0.458 e. The van der Waals surface area contributed by atoms with Crippen LogP contribution in [0.2, 0.25) is 0 Å². The van der Waals surface area contributed by atoms with Gasteiger partial charge in [0.05, 0.1) is 41.6 Å². The number of esters is 2. The quantitative estimate of drug-likeness (QED) is 0.175. The third kappa shape index (κ3) is 8.95. The molecule has 15 heteroatoms. The normalized spacial score (nSPS) is 42.5. The maximum absolute atomic E-state index is 13.8. The largest absolute Gasteiger partial charge is 0.509 e. The molecule has 0 aromatic heterocycles. The molecule has 3 heterocycles. The molecule has 3 rings (SSSR count). The molecule has 3 fully saturated rings. The van der Waals surface area contributed by atoms with Gasteiger partial charge < -0.3 is 48.0 Å². The predicted molar refractivity (Wildman–Crippen MR) is 179 cm³/mol. The van der Waals surface area contributed by atoms with Crippen molar-refractivity contribution in [3.63, 3.8) is 0 Å². The fraction of sp³-hybridized carbons (Fsp3) is 0.857. The molecule has 0 unspecified atom stereocenters. The van der Waals surface area contributed by atoms with Crippen LogP contribution in [0, 0.1) is 23.7 Å². The van der Waals surface area contributed by atoms with Crippen LogP contribution >= 0.6 is 0 Å². The highest BCUT2D eigenvalue weighted by molar-refractivity contribution is 5.90. The smallest absolute Gasteiger partial charge is 0.458 e. The highest BCUT2D eigenvalue weighted by Gasteiger charge is 2.59. The zero-order valence-electron chi connectivity index (χ0n) is 31.8. The molecule has 3 aliphatic rings. The van der Waals surface area contributed by atoms with E-state index in [2.05, 4.69) is 5.16 Å². The van der Waals surface area contributed by atoms with Crippen LogP contribution in [-0.4, -0.2) is 121 Å². The molecule has 15 nitrogen and oxygen atoms in total. The van der Waals surface area contributed by atoms with Crippen molar-refractivity contribution in [1.82, 2.24) is 4.90 Å². The van der Waals surface area contributed by atoms with E-state index in [-0.39, 0.29) is 25.0 Å². The van der Waals surface area contributed by atoms with Gasteiger partial charge in [0, 0.05) is 38.7 Å². The Morgan fingerprint density at radius 3 is 2.20 bits per heavy atom. The van der Waals surface area contributed by atoms with Gasteiger partial charge in [-0.3, -0.25) is 9.59 Å². The number of carbonyl (C=O) groups excluding carboxylic acids is 4. The van der Waals surface area contributed by atoms with Crippen molar-refractivity contribution in [3.8, 4) is 0 Å². The molecule has 0 amide bonds. The lowest BCUT2D eigenvalue weighted by Gasteiger charge is -2.48. The van der Waals surface area contributed by atoms with Crippen molar-refractivity contribution < 1.29 is 62.3 Å². The number of hydrogen-bond donors (Lipinski definition) is 1. The van der Waals surface area contributed by atoms with Gasteiger partial charge in [0.2, 0.25) is 0 Å². The number of methoxy groups -OCH3 is 1. The minimum absolute atomic E-state index is 0.182. The lowest BCUT2D eigenvalue weighted by atomic mass is 9.73. The fourth-order valence-electron chi connectivity index (χ4n) is 7.80. The minimum atomic E-state index is -1.45. The van der Waals surface area contributed by atoms with E-state index < -0.39 is 95.7 Å². The number of cyclic esters (lactones) is 1. The number of likely N-dealkylation sites (N-methyl/N-ethyl adjacent to an activating group) is 1. The molecule has 3 aliphatic heterocycles. The van der Waals surface area contributed by atoms with E-state index in [1.807, 2.05) is 32.8 Å². The summed E-state index contributed by atoms with van der Waals surface area (Å²) in [4.78, 5) is 57.9. The third-order valence-corrected chi connectivity index (χ3v) is 10.6. The van der Waals surface area contributed by atoms with Crippen LogP contribution in [0.3, 0.4) is 0 Å². The van der Waals surface area contributed by atoms with Crippen LogP contribution in [0.1, 0.15) is 88.5 Å². The van der Waals surface area contributed by atoms with Gasteiger partial charge in [0.15, 0.2) is 24.1 Å². The van der Waals surface area contributed by atoms with Crippen molar-refractivity contribution in [2.45, 2.75) is 149 Å². The monoisotopic (exact) mass is 714 g/mol. The number of oxime groups is 1. The molecular weight excluding hydrogens is 656 g/mol. The van der Waals surface area contributed by atoms with E-state index in [0.29, 0.717) is 12.1 Å². The molecule has 286 valence electrons. The number of hydrogen-bond acceptors (Lipinski definition) is 15. The molecule has 0 aromatic carbocycles. The Morgan fingerprint density at radius 2 is 1.66 bits per heavy atom. The number of nitrogens with zero attached hydrogens (tertiary/aromatic N) is 2. The van der Waals surface area contributed by atoms with E-state index >= 15 is 0 Å². The van der Waals surface area contributed by atoms with Crippen LogP contribution in [0.25, 0.3) is 0 Å². The van der Waals surface area contributed by atoms with Crippen LogP contribution < -0.4 is 0 Å². The summed E-state index contributed by atoms with van der Waals surface area (Å²) in [5, 5.41) is 16.1. The Labute approximate surface area is 295 Å². The maximum Gasteiger partial charge on any atom is 0.509 e. The summed E-state index contributed by atoms with van der Waals surface area (Å²) in [6.07, 6.45) is -6.41. The van der Waals surface area contributed by atoms with Gasteiger partial charge in [-0.15, -0.1) is 0 Å². The Bertz CT molecular complexity index is 1260. The van der Waals surface area contributed by atoms with Crippen LogP contribution in [-0.2, 0) is 52.4 Å². The number of fused-ring (bicyclic) bond motifs is 1. The summed E-state index contributed by atoms with van der Waals surface area (Å²) in [6.45, 7) is 16.5. The van der Waals surface area contributed by atoms with E-state index in [1.54, 1.807) is 41.5 Å². The predicted octanol–water partition coefficient (Wildman–Crippen LogP) is 3.62.